The first-order valence-corrected chi connectivity index (χ1v) is 4.95. The molecule has 5 nitrogen and oxygen atoms in total. The van der Waals surface area contributed by atoms with Gasteiger partial charge in [-0.3, -0.25) is 4.79 Å². The van der Waals surface area contributed by atoms with Gasteiger partial charge in [-0.1, -0.05) is 6.92 Å². The molecule has 0 rings (SSSR count). The van der Waals surface area contributed by atoms with Crippen LogP contribution in [0.25, 0.3) is 0 Å². The molecule has 11 heavy (non-hydrogen) atoms. The number of aliphatic hydroxyl groups is 1. The molecule has 0 aromatic heterocycles. The van der Waals surface area contributed by atoms with Crippen LogP contribution in [0.15, 0.2) is 0 Å². The van der Waals surface area contributed by atoms with E-state index >= 15 is 0 Å². The molecule has 1 unspecified atom stereocenters. The molecule has 66 valence electrons. The number of amides is 1. The van der Waals surface area contributed by atoms with Crippen molar-refractivity contribution in [3.8, 4) is 0 Å². The van der Waals surface area contributed by atoms with Crippen LogP contribution in [-0.4, -0.2) is 31.2 Å². The molecule has 0 spiro atoms. The van der Waals surface area contributed by atoms with Crippen LogP contribution in [0.5, 0.6) is 0 Å². The van der Waals surface area contributed by atoms with E-state index in [-0.39, 0.29) is 6.42 Å². The van der Waals surface area contributed by atoms with Crippen molar-refractivity contribution in [2.75, 3.05) is 6.26 Å². The maximum atomic E-state index is 10.6. The minimum Gasteiger partial charge on any atom is -0.374 e. The van der Waals surface area contributed by atoms with Crippen LogP contribution in [-0.2, 0) is 9.84 Å². The third kappa shape index (κ3) is 3.94. The summed E-state index contributed by atoms with van der Waals surface area (Å²) in [6, 6.07) is 0. The van der Waals surface area contributed by atoms with Crippen molar-refractivity contribution in [2.24, 2.45) is 0 Å². The number of sulfone groups is 1. The molecule has 0 heterocycles. The van der Waals surface area contributed by atoms with Gasteiger partial charge in [-0.25, -0.2) is 8.42 Å². The number of rotatable bonds is 2. The molecular weight excluding hydrogens is 170 g/mol. The lowest BCUT2D eigenvalue weighted by atomic mass is 10.4. The van der Waals surface area contributed by atoms with Gasteiger partial charge in [0.25, 0.3) is 0 Å². The number of carbonyl (C=O) groups excluding carboxylic acids is 1. The number of nitrogens with one attached hydrogen (secondary N) is 1. The quantitative estimate of drug-likeness (QED) is 0.561. The van der Waals surface area contributed by atoms with E-state index in [9.17, 15) is 13.2 Å². The molecule has 1 atom stereocenters. The molecule has 1 amide bonds. The largest absolute Gasteiger partial charge is 0.374 e. The van der Waals surface area contributed by atoms with Gasteiger partial charge in [-0.15, -0.1) is 0 Å². The number of hydrogen-bond donors (Lipinski definition) is 2. The van der Waals surface area contributed by atoms with Gasteiger partial charge < -0.3 is 10.4 Å². The maximum absolute atomic E-state index is 10.6. The Hall–Kier alpha value is -0.620. The third-order valence-electron chi connectivity index (χ3n) is 1.01. The normalized spacial score (nSPS) is 14.1. The average molecular weight is 181 g/mol. The fraction of sp³-hybridized carbons (Fsp3) is 0.800. The monoisotopic (exact) mass is 181 g/mol. The molecule has 0 aliphatic rings. The lowest BCUT2D eigenvalue weighted by Crippen LogP contribution is -2.37. The van der Waals surface area contributed by atoms with Gasteiger partial charge in [0, 0.05) is 6.26 Å². The summed E-state index contributed by atoms with van der Waals surface area (Å²) in [5.41, 5.74) is 0. The van der Waals surface area contributed by atoms with Gasteiger partial charge in [0.2, 0.25) is 9.84 Å². The summed E-state index contributed by atoms with van der Waals surface area (Å²) in [7, 11) is -3.72. The lowest BCUT2D eigenvalue weighted by Gasteiger charge is -2.07. The summed E-state index contributed by atoms with van der Waals surface area (Å²) in [6.07, 6.45) is -0.0244. The van der Waals surface area contributed by atoms with E-state index in [1.165, 1.54) is 0 Å². The van der Waals surface area contributed by atoms with E-state index in [2.05, 4.69) is 0 Å². The zero-order valence-corrected chi connectivity index (χ0v) is 7.18. The highest BCUT2D eigenvalue weighted by molar-refractivity contribution is 8.05. The van der Waals surface area contributed by atoms with Crippen LogP contribution in [0.4, 0.5) is 4.79 Å². The summed E-state index contributed by atoms with van der Waals surface area (Å²) in [5.74, 6) is 0. The topological polar surface area (TPSA) is 83.5 Å². The molecule has 0 aromatic carbocycles. The first kappa shape index (κ1) is 10.4. The highest BCUT2D eigenvalue weighted by Crippen LogP contribution is 1.89. The van der Waals surface area contributed by atoms with Gasteiger partial charge in [0.1, 0.15) is 6.23 Å². The first-order chi connectivity index (χ1) is 4.88. The van der Waals surface area contributed by atoms with Crippen molar-refractivity contribution in [2.45, 2.75) is 19.6 Å². The second-order valence-electron chi connectivity index (χ2n) is 2.13. The van der Waals surface area contributed by atoms with Gasteiger partial charge >= 0.3 is 5.24 Å². The fourth-order valence-electron chi connectivity index (χ4n) is 0.345. The van der Waals surface area contributed by atoms with E-state index < -0.39 is 21.3 Å². The summed E-state index contributed by atoms with van der Waals surface area (Å²) in [6.45, 7) is 1.62. The summed E-state index contributed by atoms with van der Waals surface area (Å²) < 4.78 is 20.9. The number of carbonyl (C=O) groups is 1. The van der Waals surface area contributed by atoms with Crippen LogP contribution in [0.3, 0.4) is 0 Å². The molecule has 0 aliphatic heterocycles. The average Bonchev–Trinajstić information content (AvgIpc) is 1.85. The Morgan fingerprint density at radius 1 is 1.64 bits per heavy atom. The minimum absolute atomic E-state index is 0.279. The van der Waals surface area contributed by atoms with Crippen molar-refractivity contribution < 1.29 is 18.3 Å². The zero-order valence-electron chi connectivity index (χ0n) is 6.36. The number of hydrogen-bond acceptors (Lipinski definition) is 4. The Kier molecular flexibility index (Phi) is 3.47. The van der Waals surface area contributed by atoms with E-state index in [0.717, 1.165) is 6.26 Å². The molecule has 2 N–H and O–H groups in total. The van der Waals surface area contributed by atoms with Crippen molar-refractivity contribution in [1.82, 2.24) is 5.32 Å². The molecule has 0 bridgehead atoms. The molecular formula is C5H11NO4S. The second kappa shape index (κ2) is 3.68. The van der Waals surface area contributed by atoms with Crippen LogP contribution < -0.4 is 5.32 Å². The maximum Gasteiger partial charge on any atom is 0.338 e. The van der Waals surface area contributed by atoms with Gasteiger partial charge in [0.05, 0.1) is 0 Å². The molecule has 6 heteroatoms. The van der Waals surface area contributed by atoms with E-state index in [4.69, 9.17) is 5.11 Å². The third-order valence-corrected chi connectivity index (χ3v) is 1.80. The highest BCUT2D eigenvalue weighted by atomic mass is 32.2. The molecule has 0 aliphatic carbocycles. The van der Waals surface area contributed by atoms with E-state index in [1.54, 1.807) is 6.92 Å². The molecule has 0 aromatic rings. The van der Waals surface area contributed by atoms with Gasteiger partial charge in [0.15, 0.2) is 0 Å². The predicted molar refractivity (Wildman–Crippen MR) is 39.7 cm³/mol. The van der Waals surface area contributed by atoms with Crippen molar-refractivity contribution in [3.63, 3.8) is 0 Å². The highest BCUT2D eigenvalue weighted by Gasteiger charge is 2.17. The summed E-state index contributed by atoms with van der Waals surface area (Å²) in [4.78, 5) is 10.6. The Balaban J connectivity index is 4.11. The predicted octanol–water partition coefficient (Wildman–Crippen LogP) is -0.531. The second-order valence-corrected chi connectivity index (χ2v) is 4.04. The number of aliphatic hydroxyl groups excluding tert-OH is 1. The Morgan fingerprint density at radius 3 is 2.36 bits per heavy atom. The van der Waals surface area contributed by atoms with E-state index in [1.807, 2.05) is 5.32 Å². The molecule has 0 saturated heterocycles. The standard InChI is InChI=1S/C5H11NO4S/c1-3-4(7)6-5(8)11(2,9)10/h4,7H,3H2,1-2H3,(H,6,8). The first-order valence-electron chi connectivity index (χ1n) is 3.06. The van der Waals surface area contributed by atoms with Gasteiger partial charge in [-0.2, -0.15) is 0 Å². The lowest BCUT2D eigenvalue weighted by molar-refractivity contribution is 0.143. The van der Waals surface area contributed by atoms with Crippen molar-refractivity contribution in [3.05, 3.63) is 0 Å². The van der Waals surface area contributed by atoms with Gasteiger partial charge in [-0.05, 0) is 6.42 Å². The Morgan fingerprint density at radius 2 is 2.09 bits per heavy atom. The van der Waals surface area contributed by atoms with Crippen LogP contribution in [0.2, 0.25) is 0 Å². The molecule has 0 fully saturated rings. The molecule has 0 radical (unpaired) electrons. The Labute approximate surface area is 65.3 Å². The van der Waals surface area contributed by atoms with Crippen LogP contribution >= 0.6 is 0 Å². The summed E-state index contributed by atoms with van der Waals surface area (Å²) in [5, 5.41) is 9.55. The van der Waals surface area contributed by atoms with Crippen LogP contribution in [0.1, 0.15) is 13.3 Å². The SMILES string of the molecule is CCC(O)NC(=O)S(C)(=O)=O. The van der Waals surface area contributed by atoms with Crippen molar-refractivity contribution >= 4 is 15.1 Å². The van der Waals surface area contributed by atoms with Crippen LogP contribution in [0, 0.1) is 0 Å². The van der Waals surface area contributed by atoms with Crippen molar-refractivity contribution in [1.29, 1.82) is 0 Å². The fourth-order valence-corrected chi connectivity index (χ4v) is 0.695. The zero-order chi connectivity index (χ0) is 9.07. The summed E-state index contributed by atoms with van der Waals surface area (Å²) >= 11 is 0. The van der Waals surface area contributed by atoms with E-state index in [0.29, 0.717) is 0 Å². The smallest absolute Gasteiger partial charge is 0.338 e. The molecule has 0 saturated carbocycles. The minimum atomic E-state index is -3.72. The Bertz CT molecular complexity index is 233.